The van der Waals surface area contributed by atoms with Gasteiger partial charge in [0.1, 0.15) is 12.0 Å². The average molecular weight is 232 g/mol. The Kier molecular flexibility index (Phi) is 3.13. The van der Waals surface area contributed by atoms with Crippen molar-refractivity contribution in [3.8, 4) is 11.8 Å². The van der Waals surface area contributed by atoms with E-state index in [2.05, 4.69) is 21.8 Å². The molecule has 0 aliphatic heterocycles. The van der Waals surface area contributed by atoms with E-state index in [1.54, 1.807) is 6.92 Å². The zero-order valence-corrected chi connectivity index (χ0v) is 9.37. The topological polar surface area (TPSA) is 52.1 Å². The second-order valence-corrected chi connectivity index (χ2v) is 3.74. The number of carbonyl (C=O) groups is 1. The Hall–Kier alpha value is -1.93. The Morgan fingerprint density at radius 1 is 1.56 bits per heavy atom. The lowest BCUT2D eigenvalue weighted by atomic mass is 10.3. The van der Waals surface area contributed by atoms with Crippen LogP contribution in [0, 0.1) is 11.8 Å². The van der Waals surface area contributed by atoms with E-state index in [1.807, 2.05) is 11.4 Å². The summed E-state index contributed by atoms with van der Waals surface area (Å²) < 4.78 is 5.59. The smallest absolute Gasteiger partial charge is 0.384 e. The van der Waals surface area contributed by atoms with E-state index < -0.39 is 5.97 Å². The van der Waals surface area contributed by atoms with Crippen molar-refractivity contribution in [1.29, 1.82) is 0 Å². The predicted molar refractivity (Wildman–Crippen MR) is 60.9 cm³/mol. The van der Waals surface area contributed by atoms with Crippen LogP contribution in [0.25, 0.3) is 10.2 Å². The highest BCUT2D eigenvalue weighted by Crippen LogP contribution is 2.19. The lowest BCUT2D eigenvalue weighted by Crippen LogP contribution is -1.99. The van der Waals surface area contributed by atoms with Crippen molar-refractivity contribution in [2.75, 3.05) is 6.61 Å². The number of hydrogen-bond acceptors (Lipinski definition) is 5. The minimum Gasteiger partial charge on any atom is -0.456 e. The molecule has 0 atom stereocenters. The van der Waals surface area contributed by atoms with Gasteiger partial charge in [-0.25, -0.2) is 14.8 Å². The van der Waals surface area contributed by atoms with Crippen molar-refractivity contribution in [1.82, 2.24) is 9.97 Å². The molecule has 0 fully saturated rings. The molecular weight excluding hydrogens is 224 g/mol. The third kappa shape index (κ3) is 2.18. The maximum absolute atomic E-state index is 11.1. The first-order valence-corrected chi connectivity index (χ1v) is 5.56. The van der Waals surface area contributed by atoms with Crippen molar-refractivity contribution < 1.29 is 9.53 Å². The average Bonchev–Trinajstić information content (AvgIpc) is 2.75. The van der Waals surface area contributed by atoms with Gasteiger partial charge < -0.3 is 4.74 Å². The summed E-state index contributed by atoms with van der Waals surface area (Å²) >= 11 is 1.50. The molecule has 0 aromatic carbocycles. The molecule has 0 amide bonds. The number of thiophene rings is 1. The minimum atomic E-state index is -0.536. The molecule has 0 radical (unpaired) electrons. The first-order chi connectivity index (χ1) is 7.81. The van der Waals surface area contributed by atoms with Crippen molar-refractivity contribution in [2.45, 2.75) is 6.92 Å². The molecular formula is C11H8N2O2S. The summed E-state index contributed by atoms with van der Waals surface area (Å²) in [6.45, 7) is 2.06. The summed E-state index contributed by atoms with van der Waals surface area (Å²) in [5, 5.41) is 1.91. The minimum absolute atomic E-state index is 0.325. The van der Waals surface area contributed by atoms with Crippen molar-refractivity contribution in [3.05, 3.63) is 23.5 Å². The number of fused-ring (bicyclic) bond motifs is 1. The zero-order chi connectivity index (χ0) is 11.4. The molecule has 0 saturated carbocycles. The van der Waals surface area contributed by atoms with Crippen LogP contribution >= 0.6 is 11.3 Å². The first-order valence-electron chi connectivity index (χ1n) is 4.68. The van der Waals surface area contributed by atoms with Gasteiger partial charge in [0.25, 0.3) is 0 Å². The summed E-state index contributed by atoms with van der Waals surface area (Å²) in [7, 11) is 0. The van der Waals surface area contributed by atoms with E-state index in [4.69, 9.17) is 4.74 Å². The fourth-order valence-electron chi connectivity index (χ4n) is 1.16. The van der Waals surface area contributed by atoms with Crippen LogP contribution in [-0.2, 0) is 9.53 Å². The highest BCUT2D eigenvalue weighted by Gasteiger charge is 2.02. The van der Waals surface area contributed by atoms with Gasteiger partial charge in [0.05, 0.1) is 16.8 Å². The van der Waals surface area contributed by atoms with E-state index in [9.17, 15) is 4.79 Å². The quantitative estimate of drug-likeness (QED) is 0.553. The molecule has 2 rings (SSSR count). The van der Waals surface area contributed by atoms with Gasteiger partial charge in [-0.1, -0.05) is 0 Å². The van der Waals surface area contributed by atoms with E-state index >= 15 is 0 Å². The molecule has 2 aromatic rings. The molecule has 2 heterocycles. The number of hydrogen-bond donors (Lipinski definition) is 0. The van der Waals surface area contributed by atoms with Crippen LogP contribution in [0.1, 0.15) is 12.6 Å². The summed E-state index contributed by atoms with van der Waals surface area (Å²) in [5.41, 5.74) is 1.40. The SMILES string of the molecule is CCOC(=O)C#Cc1ncnc2ccsc12. The molecule has 80 valence electrons. The number of aromatic nitrogens is 2. The van der Waals surface area contributed by atoms with Gasteiger partial charge in [-0.15, -0.1) is 11.3 Å². The maximum Gasteiger partial charge on any atom is 0.384 e. The summed E-state index contributed by atoms with van der Waals surface area (Å²) in [5.74, 6) is 4.54. The number of rotatable bonds is 1. The molecule has 0 spiro atoms. The molecule has 0 saturated heterocycles. The Morgan fingerprint density at radius 3 is 3.25 bits per heavy atom. The van der Waals surface area contributed by atoms with Gasteiger partial charge in [0, 0.05) is 5.92 Å². The van der Waals surface area contributed by atoms with Gasteiger partial charge in [-0.05, 0) is 24.3 Å². The van der Waals surface area contributed by atoms with E-state index in [1.165, 1.54) is 17.7 Å². The molecule has 0 bridgehead atoms. The van der Waals surface area contributed by atoms with Crippen molar-refractivity contribution >= 4 is 27.5 Å². The monoisotopic (exact) mass is 232 g/mol. The van der Waals surface area contributed by atoms with Crippen LogP contribution in [-0.4, -0.2) is 22.5 Å². The third-order valence-corrected chi connectivity index (χ3v) is 2.71. The second-order valence-electron chi connectivity index (χ2n) is 2.83. The Bertz CT molecular complexity index is 580. The predicted octanol–water partition coefficient (Wildman–Crippen LogP) is 1.61. The summed E-state index contributed by atoms with van der Waals surface area (Å²) in [6, 6.07) is 1.89. The van der Waals surface area contributed by atoms with Gasteiger partial charge in [0.2, 0.25) is 0 Å². The van der Waals surface area contributed by atoms with Crippen LogP contribution in [0.3, 0.4) is 0 Å². The maximum atomic E-state index is 11.1. The highest BCUT2D eigenvalue weighted by molar-refractivity contribution is 7.17. The fraction of sp³-hybridized carbons (Fsp3) is 0.182. The molecule has 4 nitrogen and oxygen atoms in total. The molecule has 0 aliphatic rings. The number of carbonyl (C=O) groups excluding carboxylic acids is 1. The standard InChI is InChI=1S/C11H8N2O2S/c1-2-15-10(14)4-3-8-11-9(5-6-16-11)13-7-12-8/h5-7H,2H2,1H3. The Morgan fingerprint density at radius 2 is 2.44 bits per heavy atom. The lowest BCUT2D eigenvalue weighted by molar-refractivity contribution is -0.136. The Balaban J connectivity index is 2.33. The summed E-state index contributed by atoms with van der Waals surface area (Å²) in [6.07, 6.45) is 1.43. The molecule has 16 heavy (non-hydrogen) atoms. The Labute approximate surface area is 96.3 Å². The van der Waals surface area contributed by atoms with Gasteiger partial charge in [-0.2, -0.15) is 0 Å². The molecule has 0 aliphatic carbocycles. The molecule has 2 aromatic heterocycles. The molecule has 0 N–H and O–H groups in total. The second kappa shape index (κ2) is 4.73. The van der Waals surface area contributed by atoms with Crippen LogP contribution in [0.5, 0.6) is 0 Å². The normalized spacial score (nSPS) is 9.56. The van der Waals surface area contributed by atoms with Gasteiger partial charge >= 0.3 is 5.97 Å². The fourth-order valence-corrected chi connectivity index (χ4v) is 1.95. The third-order valence-electron chi connectivity index (χ3n) is 1.80. The van der Waals surface area contributed by atoms with E-state index in [0.29, 0.717) is 12.3 Å². The van der Waals surface area contributed by atoms with Gasteiger partial charge in [-0.3, -0.25) is 0 Å². The van der Waals surface area contributed by atoms with Crippen LogP contribution in [0.15, 0.2) is 17.8 Å². The number of ether oxygens (including phenoxy) is 1. The number of esters is 1. The van der Waals surface area contributed by atoms with E-state index in [0.717, 1.165) is 10.2 Å². The van der Waals surface area contributed by atoms with E-state index in [-0.39, 0.29) is 0 Å². The molecule has 0 unspecified atom stereocenters. The first kappa shape index (κ1) is 10.6. The van der Waals surface area contributed by atoms with Crippen LogP contribution in [0.2, 0.25) is 0 Å². The highest BCUT2D eigenvalue weighted by atomic mass is 32.1. The lowest BCUT2D eigenvalue weighted by Gasteiger charge is -1.92. The molecule has 5 heteroatoms. The zero-order valence-electron chi connectivity index (χ0n) is 8.56. The number of nitrogens with zero attached hydrogens (tertiary/aromatic N) is 2. The van der Waals surface area contributed by atoms with Crippen LogP contribution in [0.4, 0.5) is 0 Å². The van der Waals surface area contributed by atoms with Crippen LogP contribution < -0.4 is 0 Å². The van der Waals surface area contributed by atoms with Crippen molar-refractivity contribution in [2.24, 2.45) is 0 Å². The largest absolute Gasteiger partial charge is 0.456 e. The van der Waals surface area contributed by atoms with Gasteiger partial charge in [0.15, 0.2) is 0 Å². The van der Waals surface area contributed by atoms with Crippen molar-refractivity contribution in [3.63, 3.8) is 0 Å². The summed E-state index contributed by atoms with van der Waals surface area (Å²) in [4.78, 5) is 19.2.